The maximum absolute atomic E-state index is 4.40. The quantitative estimate of drug-likeness (QED) is 0.907. The van der Waals surface area contributed by atoms with Gasteiger partial charge in [-0.25, -0.2) is 4.98 Å². The molecule has 2 aromatic rings. The average Bonchev–Trinajstić information content (AvgIpc) is 2.95. The van der Waals surface area contributed by atoms with Crippen LogP contribution in [-0.2, 0) is 0 Å². The van der Waals surface area contributed by atoms with Crippen molar-refractivity contribution in [2.75, 3.05) is 25.0 Å². The van der Waals surface area contributed by atoms with Crippen LogP contribution in [0.25, 0.3) is 11.4 Å². The Kier molecular flexibility index (Phi) is 3.15. The van der Waals surface area contributed by atoms with E-state index < -0.39 is 0 Å². The van der Waals surface area contributed by atoms with Crippen LogP contribution in [-0.4, -0.2) is 45.8 Å². The van der Waals surface area contributed by atoms with Gasteiger partial charge in [-0.1, -0.05) is 12.1 Å². The van der Waals surface area contributed by atoms with Gasteiger partial charge in [0, 0.05) is 23.8 Å². The molecule has 4 heterocycles. The molecule has 5 heteroatoms. The normalized spacial score (nSPS) is 27.8. The first-order valence-corrected chi connectivity index (χ1v) is 7.76. The van der Waals surface area contributed by atoms with E-state index in [1.165, 1.54) is 38.2 Å². The minimum Gasteiger partial charge on any atom is -0.381 e. The molecule has 1 aromatic heterocycles. The number of hydrogen-bond donors (Lipinski definition) is 2. The lowest BCUT2D eigenvalue weighted by atomic mass is 9.84. The zero-order chi connectivity index (χ0) is 14.2. The summed E-state index contributed by atoms with van der Waals surface area (Å²) in [7, 11) is 0. The fourth-order valence-electron chi connectivity index (χ4n) is 3.56. The van der Waals surface area contributed by atoms with Gasteiger partial charge >= 0.3 is 0 Å². The summed E-state index contributed by atoms with van der Waals surface area (Å²) in [6.07, 6.45) is 2.66. The van der Waals surface area contributed by atoms with E-state index in [9.17, 15) is 0 Å². The summed E-state index contributed by atoms with van der Waals surface area (Å²) in [5.41, 5.74) is 2.24. The molecule has 0 amide bonds. The lowest BCUT2D eigenvalue weighted by Crippen LogP contribution is -2.53. The van der Waals surface area contributed by atoms with Crippen molar-refractivity contribution in [1.82, 2.24) is 20.1 Å². The summed E-state index contributed by atoms with van der Waals surface area (Å²) in [5.74, 6) is 2.44. The monoisotopic (exact) mass is 283 g/mol. The molecule has 0 aliphatic carbocycles. The average molecular weight is 283 g/mol. The van der Waals surface area contributed by atoms with Gasteiger partial charge in [0.25, 0.3) is 0 Å². The van der Waals surface area contributed by atoms with Crippen LogP contribution in [0.4, 0.5) is 5.69 Å². The fourth-order valence-corrected chi connectivity index (χ4v) is 3.56. The molecule has 0 spiro atoms. The van der Waals surface area contributed by atoms with Gasteiger partial charge in [0.1, 0.15) is 5.82 Å². The van der Waals surface area contributed by atoms with E-state index in [0.717, 1.165) is 23.1 Å². The van der Waals surface area contributed by atoms with Crippen molar-refractivity contribution in [1.29, 1.82) is 0 Å². The van der Waals surface area contributed by atoms with Crippen LogP contribution >= 0.6 is 0 Å². The van der Waals surface area contributed by atoms with Gasteiger partial charge in [0.05, 0.1) is 0 Å². The Morgan fingerprint density at radius 2 is 2.14 bits per heavy atom. The van der Waals surface area contributed by atoms with Crippen LogP contribution in [0, 0.1) is 12.8 Å². The molecule has 1 unspecified atom stereocenters. The molecule has 5 nitrogen and oxygen atoms in total. The van der Waals surface area contributed by atoms with Gasteiger partial charge in [-0.05, 0) is 50.9 Å². The number of nitrogens with zero attached hydrogens (tertiary/aromatic N) is 3. The zero-order valence-corrected chi connectivity index (χ0v) is 12.3. The molecule has 3 fully saturated rings. The Balaban J connectivity index is 1.53. The molecule has 0 radical (unpaired) electrons. The Labute approximate surface area is 124 Å². The van der Waals surface area contributed by atoms with E-state index in [2.05, 4.69) is 49.7 Å². The van der Waals surface area contributed by atoms with E-state index in [1.807, 2.05) is 6.92 Å². The van der Waals surface area contributed by atoms with Crippen molar-refractivity contribution in [2.24, 2.45) is 5.92 Å². The number of H-pyrrole nitrogens is 1. The molecule has 2 bridgehead atoms. The Morgan fingerprint density at radius 3 is 2.81 bits per heavy atom. The molecule has 3 saturated heterocycles. The smallest absolute Gasteiger partial charge is 0.181 e. The summed E-state index contributed by atoms with van der Waals surface area (Å²) in [5, 5.41) is 10.9. The van der Waals surface area contributed by atoms with Gasteiger partial charge in [0.15, 0.2) is 5.82 Å². The summed E-state index contributed by atoms with van der Waals surface area (Å²) in [6.45, 7) is 5.65. The van der Waals surface area contributed by atoms with E-state index in [1.54, 1.807) is 0 Å². The standard InChI is InChI=1S/C16H21N5/c1-11-17-16(20-19-11)13-3-2-4-14(9-13)18-15-10-21-7-5-12(15)6-8-21/h2-4,9,12,15,18H,5-8,10H2,1H3,(H,17,19,20). The largest absolute Gasteiger partial charge is 0.381 e. The topological polar surface area (TPSA) is 56.8 Å². The minimum atomic E-state index is 0.580. The number of piperidine rings is 3. The van der Waals surface area contributed by atoms with E-state index >= 15 is 0 Å². The third kappa shape index (κ3) is 2.53. The molecular weight excluding hydrogens is 262 g/mol. The van der Waals surface area contributed by atoms with Gasteiger partial charge < -0.3 is 10.2 Å². The van der Waals surface area contributed by atoms with E-state index in [4.69, 9.17) is 0 Å². The Morgan fingerprint density at radius 1 is 1.29 bits per heavy atom. The Bertz CT molecular complexity index is 627. The molecule has 2 N–H and O–H groups in total. The number of aryl methyl sites for hydroxylation is 1. The predicted octanol–water partition coefficient (Wildman–Crippen LogP) is 2.29. The molecule has 110 valence electrons. The summed E-state index contributed by atoms with van der Waals surface area (Å²) >= 11 is 0. The maximum atomic E-state index is 4.40. The number of benzene rings is 1. The summed E-state index contributed by atoms with van der Waals surface area (Å²) < 4.78 is 0. The van der Waals surface area contributed by atoms with Crippen LogP contribution < -0.4 is 5.32 Å². The molecule has 5 rings (SSSR count). The first-order valence-electron chi connectivity index (χ1n) is 7.76. The highest BCUT2D eigenvalue weighted by atomic mass is 15.2. The summed E-state index contributed by atoms with van der Waals surface area (Å²) in [4.78, 5) is 6.97. The van der Waals surface area contributed by atoms with Gasteiger partial charge in [0.2, 0.25) is 0 Å². The maximum Gasteiger partial charge on any atom is 0.181 e. The number of nitrogens with one attached hydrogen (secondary N) is 2. The van der Waals surface area contributed by atoms with Crippen LogP contribution in [0.2, 0.25) is 0 Å². The number of aromatic amines is 1. The first kappa shape index (κ1) is 12.8. The number of hydrogen-bond acceptors (Lipinski definition) is 4. The minimum absolute atomic E-state index is 0.580. The van der Waals surface area contributed by atoms with Crippen LogP contribution in [0.15, 0.2) is 24.3 Å². The van der Waals surface area contributed by atoms with E-state index in [-0.39, 0.29) is 0 Å². The number of fused-ring (bicyclic) bond motifs is 3. The fraction of sp³-hybridized carbons (Fsp3) is 0.500. The number of rotatable bonds is 3. The van der Waals surface area contributed by atoms with Crippen molar-refractivity contribution < 1.29 is 0 Å². The van der Waals surface area contributed by atoms with Crippen LogP contribution in [0.5, 0.6) is 0 Å². The molecule has 3 aliphatic heterocycles. The SMILES string of the molecule is Cc1nc(-c2cccc(NC3CN4CCC3CC4)c2)n[nH]1. The molecule has 1 atom stereocenters. The van der Waals surface area contributed by atoms with Crippen molar-refractivity contribution in [2.45, 2.75) is 25.8 Å². The van der Waals surface area contributed by atoms with Crippen molar-refractivity contribution >= 4 is 5.69 Å². The molecule has 1 aromatic carbocycles. The second kappa shape index (κ2) is 5.15. The van der Waals surface area contributed by atoms with Gasteiger partial charge in [-0.2, -0.15) is 5.10 Å². The summed E-state index contributed by atoms with van der Waals surface area (Å²) in [6, 6.07) is 9.01. The highest BCUT2D eigenvalue weighted by Gasteiger charge is 2.33. The number of aromatic nitrogens is 3. The molecular formula is C16H21N5. The van der Waals surface area contributed by atoms with Gasteiger partial charge in [-0.3, -0.25) is 5.10 Å². The molecule has 3 aliphatic rings. The molecule has 21 heavy (non-hydrogen) atoms. The van der Waals surface area contributed by atoms with Crippen LogP contribution in [0.1, 0.15) is 18.7 Å². The molecule has 0 saturated carbocycles. The highest BCUT2D eigenvalue weighted by Crippen LogP contribution is 2.30. The second-order valence-corrected chi connectivity index (χ2v) is 6.21. The first-order chi connectivity index (χ1) is 10.3. The second-order valence-electron chi connectivity index (χ2n) is 6.21. The zero-order valence-electron chi connectivity index (χ0n) is 12.3. The third-order valence-corrected chi connectivity index (χ3v) is 4.73. The van der Waals surface area contributed by atoms with E-state index in [0.29, 0.717) is 6.04 Å². The highest BCUT2D eigenvalue weighted by molar-refractivity contribution is 5.62. The Hall–Kier alpha value is -1.88. The van der Waals surface area contributed by atoms with Crippen molar-refractivity contribution in [3.63, 3.8) is 0 Å². The van der Waals surface area contributed by atoms with Crippen molar-refractivity contribution in [3.8, 4) is 11.4 Å². The lowest BCUT2D eigenvalue weighted by Gasteiger charge is -2.45. The third-order valence-electron chi connectivity index (χ3n) is 4.73. The van der Waals surface area contributed by atoms with Crippen LogP contribution in [0.3, 0.4) is 0 Å². The predicted molar refractivity (Wildman–Crippen MR) is 83.1 cm³/mol. The number of anilines is 1. The van der Waals surface area contributed by atoms with Crippen molar-refractivity contribution in [3.05, 3.63) is 30.1 Å². The lowest BCUT2D eigenvalue weighted by molar-refractivity contribution is 0.0975. The van der Waals surface area contributed by atoms with Gasteiger partial charge in [-0.15, -0.1) is 0 Å².